The fourth-order valence-electron chi connectivity index (χ4n) is 8.90. The minimum atomic E-state index is -5.00. The lowest BCUT2D eigenvalue weighted by molar-refractivity contribution is -0.138. The van der Waals surface area contributed by atoms with Crippen LogP contribution in [0.4, 0.5) is 36.6 Å². The van der Waals surface area contributed by atoms with Crippen LogP contribution in [0, 0.1) is 35.3 Å². The van der Waals surface area contributed by atoms with Crippen molar-refractivity contribution >= 4 is 54.1 Å². The summed E-state index contributed by atoms with van der Waals surface area (Å²) in [7, 11) is -6.06. The molecule has 3 atom stereocenters. The van der Waals surface area contributed by atoms with Gasteiger partial charge in [-0.25, -0.2) is 30.6 Å². The predicted octanol–water partition coefficient (Wildman–Crippen LogP) is 8.56. The van der Waals surface area contributed by atoms with Crippen molar-refractivity contribution < 1.29 is 52.4 Å². The molecule has 4 aliphatic carbocycles. The predicted molar refractivity (Wildman–Crippen MR) is 227 cm³/mol. The first kappa shape index (κ1) is 45.0. The van der Waals surface area contributed by atoms with E-state index in [1.165, 1.54) is 43.8 Å². The number of anilines is 1. The van der Waals surface area contributed by atoms with Crippen LogP contribution in [0.25, 0.3) is 22.0 Å². The third-order valence-electron chi connectivity index (χ3n) is 12.4. The first-order chi connectivity index (χ1) is 30.3. The molecule has 21 heteroatoms. The van der Waals surface area contributed by atoms with Crippen molar-refractivity contribution in [2.75, 3.05) is 10.5 Å². The number of aryl methyl sites for hydroxylation is 1. The molecular weight excluding hydrogens is 925 g/mol. The minimum absolute atomic E-state index is 0.00548. The molecule has 0 saturated heterocycles. The number of benzene rings is 2. The molecule has 3 aromatic heterocycles. The number of sulfonamides is 1. The summed E-state index contributed by atoms with van der Waals surface area (Å²) in [4.78, 5) is 18.9. The summed E-state index contributed by atoms with van der Waals surface area (Å²) in [5.41, 5.74) is -2.05. The van der Waals surface area contributed by atoms with Crippen LogP contribution in [-0.2, 0) is 56.8 Å². The number of carbonyl (C=O) groups excluding carboxylic acids is 1. The number of carbonyl (C=O) groups is 1. The molecule has 3 saturated carbocycles. The van der Waals surface area contributed by atoms with Gasteiger partial charge in [-0.05, 0) is 112 Å². The average molecular weight is 965 g/mol. The second kappa shape index (κ2) is 15.5. The van der Waals surface area contributed by atoms with Gasteiger partial charge in [0.05, 0.1) is 49.9 Å². The molecule has 3 heterocycles. The average Bonchev–Trinajstić information content (AvgIpc) is 4.11. The summed E-state index contributed by atoms with van der Waals surface area (Å²) in [5, 5.41) is 6.83. The van der Waals surface area contributed by atoms with E-state index in [-0.39, 0.29) is 62.3 Å². The number of alkyl halides is 5. The number of halogens is 8. The molecule has 0 radical (unpaired) electrons. The molecular formula is C44H40ClF7N6O5S2. The Kier molecular flexibility index (Phi) is 10.7. The molecule has 0 unspecified atom stereocenters. The van der Waals surface area contributed by atoms with E-state index in [0.29, 0.717) is 35.2 Å². The molecule has 11 nitrogen and oxygen atoms in total. The Labute approximate surface area is 374 Å². The standard InChI is InChI=1S/C44H40ClF7N6O5S2/c1-42(2,65(62,63)27-7-8-27)13-12-26-6-9-28(29-10-11-33(45)37-39(29)57(3)55-41(37)56-64(60,61)21-22-4-5-22)38(53-26)34(16-23-14-24(46)17-25(47)15-23)54-35(59)20-58-19-32(44(50,51)52)36-30-18-31(30)43(48,49)40(36)58/h6,9-11,14-15,17,19,22,27,30-31,34H,4-5,7-8,16,18,20-21H2,1-3H3,(H,54,59)(H,55,56)/t30-,31+,34-/m0/s1. The summed E-state index contributed by atoms with van der Waals surface area (Å²) < 4.78 is 159. The van der Waals surface area contributed by atoms with E-state index in [9.17, 15) is 43.6 Å². The summed E-state index contributed by atoms with van der Waals surface area (Å²) >= 11 is 6.72. The number of nitrogens with zero attached hydrogens (tertiary/aromatic N) is 4. The second-order valence-corrected chi connectivity index (χ2v) is 22.8. The number of pyridine rings is 1. The molecule has 0 bridgehead atoms. The number of hydrogen-bond acceptors (Lipinski definition) is 7. The normalized spacial score (nSPS) is 19.6. The van der Waals surface area contributed by atoms with Gasteiger partial charge in [0.2, 0.25) is 15.9 Å². The van der Waals surface area contributed by atoms with E-state index in [0.717, 1.165) is 25.0 Å². The van der Waals surface area contributed by atoms with Crippen LogP contribution < -0.4 is 10.0 Å². The van der Waals surface area contributed by atoms with Gasteiger partial charge in [0.15, 0.2) is 15.7 Å². The lowest BCUT2D eigenvalue weighted by Gasteiger charge is -2.23. The zero-order chi connectivity index (χ0) is 46.8. The Hall–Kier alpha value is -5.13. The maximum atomic E-state index is 15.6. The second-order valence-electron chi connectivity index (χ2n) is 17.9. The molecule has 344 valence electrons. The largest absolute Gasteiger partial charge is 0.418 e. The lowest BCUT2D eigenvalue weighted by Crippen LogP contribution is -2.35. The third-order valence-corrected chi connectivity index (χ3v) is 17.0. The van der Waals surface area contributed by atoms with Crippen LogP contribution >= 0.6 is 11.6 Å². The van der Waals surface area contributed by atoms with Crippen LogP contribution in [0.1, 0.15) is 91.7 Å². The zero-order valence-corrected chi connectivity index (χ0v) is 37.2. The van der Waals surface area contributed by atoms with Crippen LogP contribution in [-0.4, -0.2) is 57.8 Å². The number of aromatic nitrogens is 4. The molecule has 0 aliphatic heterocycles. The summed E-state index contributed by atoms with van der Waals surface area (Å²) in [5.74, 6) is -3.66. The van der Waals surface area contributed by atoms with Crippen molar-refractivity contribution in [3.05, 3.63) is 99.1 Å². The Morgan fingerprint density at radius 3 is 2.32 bits per heavy atom. The monoisotopic (exact) mass is 964 g/mol. The molecule has 0 spiro atoms. The van der Waals surface area contributed by atoms with Crippen molar-refractivity contribution in [2.45, 2.75) is 93.0 Å². The Bertz CT molecular complexity index is 3090. The highest BCUT2D eigenvalue weighted by atomic mass is 35.5. The van der Waals surface area contributed by atoms with E-state index in [2.05, 4.69) is 27.0 Å². The van der Waals surface area contributed by atoms with Gasteiger partial charge in [-0.2, -0.15) is 27.1 Å². The smallest absolute Gasteiger partial charge is 0.346 e. The van der Waals surface area contributed by atoms with Crippen molar-refractivity contribution in [2.24, 2.45) is 18.9 Å². The highest BCUT2D eigenvalue weighted by Crippen LogP contribution is 2.69. The number of hydrogen-bond donors (Lipinski definition) is 2. The van der Waals surface area contributed by atoms with E-state index < -0.39 is 107 Å². The summed E-state index contributed by atoms with van der Waals surface area (Å²) in [6, 6.07) is 7.16. The van der Waals surface area contributed by atoms with Gasteiger partial charge in [-0.3, -0.25) is 14.2 Å². The van der Waals surface area contributed by atoms with E-state index >= 15 is 8.78 Å². The van der Waals surface area contributed by atoms with Crippen molar-refractivity contribution in [3.8, 4) is 23.0 Å². The first-order valence-corrected chi connectivity index (χ1v) is 24.3. The Balaban J connectivity index is 1.19. The third kappa shape index (κ3) is 8.48. The minimum Gasteiger partial charge on any atom is -0.346 e. The molecule has 2 aromatic carbocycles. The van der Waals surface area contributed by atoms with Gasteiger partial charge < -0.3 is 9.88 Å². The van der Waals surface area contributed by atoms with Crippen molar-refractivity contribution in [3.63, 3.8) is 0 Å². The first-order valence-electron chi connectivity index (χ1n) is 20.7. The molecule has 5 aromatic rings. The molecule has 1 amide bonds. The Morgan fingerprint density at radius 2 is 1.68 bits per heavy atom. The number of rotatable bonds is 13. The maximum Gasteiger partial charge on any atom is 0.418 e. The number of fused-ring (bicyclic) bond motifs is 4. The lowest BCUT2D eigenvalue weighted by atomic mass is 9.93. The summed E-state index contributed by atoms with van der Waals surface area (Å²) in [6.45, 7) is 1.88. The number of amides is 1. The molecule has 9 rings (SSSR count). The van der Waals surface area contributed by atoms with Crippen LogP contribution in [0.5, 0.6) is 0 Å². The number of nitrogens with one attached hydrogen (secondary N) is 2. The fraction of sp³-hybridized carbons (Fsp3) is 0.432. The van der Waals surface area contributed by atoms with Crippen LogP contribution in [0.3, 0.4) is 0 Å². The molecule has 65 heavy (non-hydrogen) atoms. The SMILES string of the molecule is Cn1nc(NS(=O)(=O)CC2CC2)c2c(Cl)ccc(-c3ccc(C#CC(C)(C)S(=O)(=O)C4CC4)nc3[C@H](Cc3cc(F)cc(F)c3)NC(=O)Cn3cc(C(F)(F)F)c4c3C(F)(F)[C@@H]3C[C@H]43)c21. The van der Waals surface area contributed by atoms with E-state index in [1.54, 1.807) is 6.07 Å². The van der Waals surface area contributed by atoms with Crippen molar-refractivity contribution in [1.82, 2.24) is 24.6 Å². The van der Waals surface area contributed by atoms with Crippen molar-refractivity contribution in [1.29, 1.82) is 0 Å². The van der Waals surface area contributed by atoms with Crippen LogP contribution in [0.15, 0.2) is 48.7 Å². The maximum absolute atomic E-state index is 15.6. The van der Waals surface area contributed by atoms with Gasteiger partial charge in [0.25, 0.3) is 5.92 Å². The van der Waals surface area contributed by atoms with Gasteiger partial charge in [0.1, 0.15) is 28.6 Å². The molecule has 4 aliphatic rings. The van der Waals surface area contributed by atoms with Gasteiger partial charge in [-0.15, -0.1) is 0 Å². The van der Waals surface area contributed by atoms with E-state index in [4.69, 9.17) is 16.6 Å². The molecule has 3 fully saturated rings. The van der Waals surface area contributed by atoms with E-state index in [1.807, 2.05) is 0 Å². The highest BCUT2D eigenvalue weighted by Gasteiger charge is 2.67. The Morgan fingerprint density at radius 1 is 1.00 bits per heavy atom. The topological polar surface area (TPSA) is 145 Å². The quantitative estimate of drug-likeness (QED) is 0.0889. The van der Waals surface area contributed by atoms with Gasteiger partial charge >= 0.3 is 6.18 Å². The zero-order valence-electron chi connectivity index (χ0n) is 34.8. The van der Waals surface area contributed by atoms with Gasteiger partial charge in [-0.1, -0.05) is 23.6 Å². The highest BCUT2D eigenvalue weighted by molar-refractivity contribution is 7.94. The van der Waals surface area contributed by atoms with Crippen LogP contribution in [0.2, 0.25) is 5.02 Å². The number of sulfone groups is 1. The van der Waals surface area contributed by atoms with Gasteiger partial charge in [0, 0.05) is 36.4 Å². The fourth-order valence-corrected chi connectivity index (χ4v) is 12.4. The molecule has 2 N–H and O–H groups in total. The summed E-state index contributed by atoms with van der Waals surface area (Å²) in [6.07, 6.45) is -2.57.